The number of nitrogens with zero attached hydrogens (tertiary/aromatic N) is 2. The van der Waals surface area contributed by atoms with E-state index in [1.807, 2.05) is 30.3 Å². The van der Waals surface area contributed by atoms with Crippen LogP contribution in [-0.2, 0) is 4.74 Å². The Morgan fingerprint density at radius 2 is 1.95 bits per heavy atom. The van der Waals surface area contributed by atoms with Crippen molar-refractivity contribution in [2.45, 2.75) is 0 Å². The third-order valence-corrected chi connectivity index (χ3v) is 4.20. The number of aliphatic imine (C=N–C) groups is 1. The molecule has 1 fully saturated rings. The Hall–Kier alpha value is -1.11. The van der Waals surface area contributed by atoms with Gasteiger partial charge in [-0.05, 0) is 34.1 Å². The van der Waals surface area contributed by atoms with E-state index < -0.39 is 0 Å². The highest BCUT2D eigenvalue weighted by atomic mass is 79.9. The molecule has 0 radical (unpaired) electrons. The molecule has 21 heavy (non-hydrogen) atoms. The van der Waals surface area contributed by atoms with Gasteiger partial charge in [-0.25, -0.2) is 0 Å². The highest BCUT2D eigenvalue weighted by molar-refractivity contribution is 9.10. The normalized spacial score (nSPS) is 15.8. The van der Waals surface area contributed by atoms with E-state index in [4.69, 9.17) is 9.15 Å². The lowest BCUT2D eigenvalue weighted by molar-refractivity contribution is 0.120. The van der Waals surface area contributed by atoms with Gasteiger partial charge in [0.1, 0.15) is 5.76 Å². The minimum Gasteiger partial charge on any atom is -0.438 e. The van der Waals surface area contributed by atoms with E-state index in [9.17, 15) is 0 Å². The summed E-state index contributed by atoms with van der Waals surface area (Å²) in [4.78, 5) is 6.59. The van der Waals surface area contributed by atoms with Crippen LogP contribution in [0.1, 0.15) is 5.76 Å². The Balaban J connectivity index is 1.77. The van der Waals surface area contributed by atoms with Crippen molar-refractivity contribution < 1.29 is 9.15 Å². The standard InChI is InChI=1S/C15H14Br2N2O2/c16-11-2-1-3-12(8-11)18-10-13-9-14(17)15(21-13)19-4-6-20-7-5-19/h1-3,8-10H,4-7H2. The Morgan fingerprint density at radius 3 is 2.71 bits per heavy atom. The zero-order chi connectivity index (χ0) is 14.7. The van der Waals surface area contributed by atoms with E-state index in [1.165, 1.54) is 0 Å². The molecule has 1 aromatic heterocycles. The second-order valence-electron chi connectivity index (χ2n) is 4.64. The summed E-state index contributed by atoms with van der Waals surface area (Å²) in [6.45, 7) is 3.14. The van der Waals surface area contributed by atoms with Crippen LogP contribution < -0.4 is 4.90 Å². The lowest BCUT2D eigenvalue weighted by Crippen LogP contribution is -2.36. The fraction of sp³-hybridized carbons (Fsp3) is 0.267. The van der Waals surface area contributed by atoms with Gasteiger partial charge >= 0.3 is 0 Å². The molecule has 1 aromatic carbocycles. The van der Waals surface area contributed by atoms with Crippen molar-refractivity contribution in [2.24, 2.45) is 4.99 Å². The molecule has 0 unspecified atom stereocenters. The van der Waals surface area contributed by atoms with Gasteiger partial charge < -0.3 is 14.1 Å². The average Bonchev–Trinajstić information content (AvgIpc) is 2.87. The van der Waals surface area contributed by atoms with Crippen molar-refractivity contribution in [1.82, 2.24) is 0 Å². The van der Waals surface area contributed by atoms with Crippen molar-refractivity contribution in [3.05, 3.63) is 45.0 Å². The highest BCUT2D eigenvalue weighted by Crippen LogP contribution is 2.30. The summed E-state index contributed by atoms with van der Waals surface area (Å²) < 4.78 is 13.2. The summed E-state index contributed by atoms with van der Waals surface area (Å²) >= 11 is 6.98. The largest absolute Gasteiger partial charge is 0.438 e. The maximum Gasteiger partial charge on any atom is 0.210 e. The number of hydrogen-bond acceptors (Lipinski definition) is 4. The van der Waals surface area contributed by atoms with Crippen molar-refractivity contribution in [3.63, 3.8) is 0 Å². The molecule has 1 aliphatic rings. The fourth-order valence-electron chi connectivity index (χ4n) is 2.12. The second kappa shape index (κ2) is 6.77. The lowest BCUT2D eigenvalue weighted by Gasteiger charge is -2.26. The number of rotatable bonds is 3. The topological polar surface area (TPSA) is 38.0 Å². The van der Waals surface area contributed by atoms with E-state index in [2.05, 4.69) is 41.8 Å². The monoisotopic (exact) mass is 412 g/mol. The van der Waals surface area contributed by atoms with Crippen molar-refractivity contribution in [2.75, 3.05) is 31.2 Å². The summed E-state index contributed by atoms with van der Waals surface area (Å²) in [7, 11) is 0. The summed E-state index contributed by atoms with van der Waals surface area (Å²) in [6.07, 6.45) is 1.73. The van der Waals surface area contributed by atoms with Gasteiger partial charge in [-0.3, -0.25) is 4.99 Å². The Bertz CT molecular complexity index is 649. The van der Waals surface area contributed by atoms with Gasteiger partial charge in [0, 0.05) is 23.6 Å². The minimum absolute atomic E-state index is 0.725. The van der Waals surface area contributed by atoms with Crippen LogP contribution in [0.3, 0.4) is 0 Å². The first-order chi connectivity index (χ1) is 10.2. The van der Waals surface area contributed by atoms with Gasteiger partial charge in [0.25, 0.3) is 0 Å². The van der Waals surface area contributed by atoms with Crippen molar-refractivity contribution in [1.29, 1.82) is 0 Å². The Kier molecular flexibility index (Phi) is 4.77. The Morgan fingerprint density at radius 1 is 1.14 bits per heavy atom. The van der Waals surface area contributed by atoms with Crippen LogP contribution in [-0.4, -0.2) is 32.5 Å². The second-order valence-corrected chi connectivity index (χ2v) is 6.41. The highest BCUT2D eigenvalue weighted by Gasteiger charge is 2.18. The summed E-state index contributed by atoms with van der Waals surface area (Å²) in [6, 6.07) is 9.76. The summed E-state index contributed by atoms with van der Waals surface area (Å²) in [5, 5.41) is 0. The molecule has 1 aliphatic heterocycles. The quantitative estimate of drug-likeness (QED) is 0.700. The van der Waals surface area contributed by atoms with E-state index in [1.54, 1.807) is 6.21 Å². The molecule has 2 heterocycles. The van der Waals surface area contributed by atoms with Crippen molar-refractivity contribution >= 4 is 49.6 Å². The van der Waals surface area contributed by atoms with Gasteiger partial charge in [-0.15, -0.1) is 0 Å². The number of halogens is 2. The van der Waals surface area contributed by atoms with Crippen LogP contribution in [0.2, 0.25) is 0 Å². The van der Waals surface area contributed by atoms with Gasteiger partial charge in [-0.1, -0.05) is 22.0 Å². The van der Waals surface area contributed by atoms with E-state index in [0.717, 1.165) is 52.6 Å². The maximum absolute atomic E-state index is 5.87. The molecule has 1 saturated heterocycles. The maximum atomic E-state index is 5.87. The molecule has 0 aliphatic carbocycles. The van der Waals surface area contributed by atoms with Crippen LogP contribution in [0.4, 0.5) is 11.6 Å². The molecule has 6 heteroatoms. The number of benzene rings is 1. The molecule has 2 aromatic rings. The van der Waals surface area contributed by atoms with Gasteiger partial charge in [0.15, 0.2) is 0 Å². The predicted octanol–water partition coefficient (Wildman–Crippen LogP) is 4.39. The molecule has 0 bridgehead atoms. The van der Waals surface area contributed by atoms with Crippen LogP contribution >= 0.6 is 31.9 Å². The Labute approximate surface area is 140 Å². The minimum atomic E-state index is 0.725. The fourth-order valence-corrected chi connectivity index (χ4v) is 3.06. The molecule has 0 atom stereocenters. The molecule has 0 amide bonds. The molecule has 0 N–H and O–H groups in total. The number of anilines is 1. The van der Waals surface area contributed by atoms with E-state index in [-0.39, 0.29) is 0 Å². The van der Waals surface area contributed by atoms with Crippen LogP contribution in [0.5, 0.6) is 0 Å². The van der Waals surface area contributed by atoms with Crippen LogP contribution in [0.25, 0.3) is 0 Å². The van der Waals surface area contributed by atoms with Gasteiger partial charge in [-0.2, -0.15) is 0 Å². The van der Waals surface area contributed by atoms with Gasteiger partial charge in [0.2, 0.25) is 5.88 Å². The summed E-state index contributed by atoms with van der Waals surface area (Å²) in [5.74, 6) is 1.57. The van der Waals surface area contributed by atoms with E-state index in [0.29, 0.717) is 0 Å². The number of furan rings is 1. The smallest absolute Gasteiger partial charge is 0.210 e. The summed E-state index contributed by atoms with van der Waals surface area (Å²) in [5.41, 5.74) is 0.879. The van der Waals surface area contributed by atoms with Crippen molar-refractivity contribution in [3.8, 4) is 0 Å². The number of hydrogen-bond donors (Lipinski definition) is 0. The first-order valence-corrected chi connectivity index (χ1v) is 8.22. The molecule has 3 rings (SSSR count). The predicted molar refractivity (Wildman–Crippen MR) is 90.8 cm³/mol. The molecule has 0 saturated carbocycles. The molecule has 110 valence electrons. The number of ether oxygens (including phenoxy) is 1. The zero-order valence-electron chi connectivity index (χ0n) is 11.3. The third kappa shape index (κ3) is 3.75. The van der Waals surface area contributed by atoms with E-state index >= 15 is 0 Å². The van der Waals surface area contributed by atoms with Gasteiger partial charge in [0.05, 0.1) is 29.6 Å². The third-order valence-electron chi connectivity index (χ3n) is 3.14. The van der Waals surface area contributed by atoms with Crippen LogP contribution in [0, 0.1) is 0 Å². The first-order valence-electron chi connectivity index (χ1n) is 6.64. The zero-order valence-corrected chi connectivity index (χ0v) is 14.4. The van der Waals surface area contributed by atoms with Crippen LogP contribution in [0.15, 0.2) is 48.7 Å². The number of morpholine rings is 1. The molecule has 0 spiro atoms. The SMILES string of the molecule is Brc1cccc(N=Cc2cc(Br)c(N3CCOCC3)o2)c1. The molecule has 4 nitrogen and oxygen atoms in total. The first kappa shape index (κ1) is 14.8. The average molecular weight is 414 g/mol. The lowest BCUT2D eigenvalue weighted by atomic mass is 10.3. The molecular formula is C15H14Br2N2O2. The molecular weight excluding hydrogens is 400 g/mol.